The minimum Gasteiger partial charge on any atom is -0.478 e. The van der Waals surface area contributed by atoms with Gasteiger partial charge in [0, 0.05) is 18.7 Å². The van der Waals surface area contributed by atoms with Crippen LogP contribution in [0.1, 0.15) is 35.2 Å². The molecule has 1 amide bonds. The first-order chi connectivity index (χ1) is 8.09. The number of aromatic carboxylic acids is 1. The molecule has 1 N–H and O–H groups in total. The Labute approximate surface area is 99.9 Å². The Morgan fingerprint density at radius 3 is 2.71 bits per heavy atom. The van der Waals surface area contributed by atoms with Gasteiger partial charge in [0.15, 0.2) is 0 Å². The summed E-state index contributed by atoms with van der Waals surface area (Å²) in [6, 6.07) is 5.04. The second-order valence-corrected chi connectivity index (χ2v) is 4.31. The number of aryl methyl sites for hydroxylation is 1. The van der Waals surface area contributed by atoms with Crippen LogP contribution in [0.4, 0.5) is 5.69 Å². The third-order valence-electron chi connectivity index (χ3n) is 3.08. The molecule has 0 bridgehead atoms. The van der Waals surface area contributed by atoms with E-state index in [0.29, 0.717) is 17.5 Å². The predicted octanol–water partition coefficient (Wildman–Crippen LogP) is 2.21. The molecule has 4 heteroatoms. The van der Waals surface area contributed by atoms with Crippen molar-refractivity contribution in [2.75, 3.05) is 11.4 Å². The molecule has 1 aromatic carbocycles. The lowest BCUT2D eigenvalue weighted by atomic mass is 10.1. The van der Waals surface area contributed by atoms with E-state index in [-0.39, 0.29) is 5.91 Å². The third kappa shape index (κ3) is 2.30. The standard InChI is InChI=1S/C13H15NO3/c1-9-8-10(5-6-11(9)13(16)17)14-7-3-2-4-12(14)15/h5-6,8H,2-4,7H2,1H3,(H,16,17). The number of hydrogen-bond donors (Lipinski definition) is 1. The quantitative estimate of drug-likeness (QED) is 0.852. The molecule has 0 aromatic heterocycles. The molecule has 1 heterocycles. The molecule has 1 aromatic rings. The van der Waals surface area contributed by atoms with Gasteiger partial charge < -0.3 is 10.0 Å². The highest BCUT2D eigenvalue weighted by molar-refractivity contribution is 5.95. The van der Waals surface area contributed by atoms with E-state index >= 15 is 0 Å². The van der Waals surface area contributed by atoms with Gasteiger partial charge >= 0.3 is 5.97 Å². The van der Waals surface area contributed by atoms with Crippen LogP contribution in [-0.4, -0.2) is 23.5 Å². The van der Waals surface area contributed by atoms with Crippen molar-refractivity contribution in [3.8, 4) is 0 Å². The largest absolute Gasteiger partial charge is 0.478 e. The van der Waals surface area contributed by atoms with Gasteiger partial charge in [-0.25, -0.2) is 4.79 Å². The van der Waals surface area contributed by atoms with Crippen LogP contribution in [-0.2, 0) is 4.79 Å². The van der Waals surface area contributed by atoms with E-state index in [4.69, 9.17) is 5.11 Å². The lowest BCUT2D eigenvalue weighted by molar-refractivity contribution is -0.119. The SMILES string of the molecule is Cc1cc(N2CCCCC2=O)ccc1C(=O)O. The average Bonchev–Trinajstić information content (AvgIpc) is 2.29. The zero-order chi connectivity index (χ0) is 12.4. The maximum atomic E-state index is 11.7. The zero-order valence-corrected chi connectivity index (χ0v) is 9.77. The number of carbonyl (C=O) groups is 2. The second-order valence-electron chi connectivity index (χ2n) is 4.31. The summed E-state index contributed by atoms with van der Waals surface area (Å²) in [6.45, 7) is 2.48. The summed E-state index contributed by atoms with van der Waals surface area (Å²) in [4.78, 5) is 24.4. The zero-order valence-electron chi connectivity index (χ0n) is 9.77. The Balaban J connectivity index is 2.30. The molecule has 1 saturated heterocycles. The van der Waals surface area contributed by atoms with Crippen LogP contribution in [0.15, 0.2) is 18.2 Å². The number of hydrogen-bond acceptors (Lipinski definition) is 2. The molecular weight excluding hydrogens is 218 g/mol. The van der Waals surface area contributed by atoms with E-state index in [1.54, 1.807) is 30.0 Å². The summed E-state index contributed by atoms with van der Waals surface area (Å²) in [5.41, 5.74) is 1.78. The van der Waals surface area contributed by atoms with Crippen molar-refractivity contribution >= 4 is 17.6 Å². The molecule has 0 saturated carbocycles. The fourth-order valence-electron chi connectivity index (χ4n) is 2.13. The van der Waals surface area contributed by atoms with E-state index in [0.717, 1.165) is 25.1 Å². The molecule has 1 aliphatic heterocycles. The van der Waals surface area contributed by atoms with Crippen LogP contribution >= 0.6 is 0 Å². The van der Waals surface area contributed by atoms with Crippen molar-refractivity contribution in [3.63, 3.8) is 0 Å². The molecule has 4 nitrogen and oxygen atoms in total. The number of piperidine rings is 1. The first-order valence-electron chi connectivity index (χ1n) is 5.74. The Hall–Kier alpha value is -1.84. The number of benzene rings is 1. The Morgan fingerprint density at radius 2 is 2.12 bits per heavy atom. The third-order valence-corrected chi connectivity index (χ3v) is 3.08. The molecule has 0 aliphatic carbocycles. The minimum absolute atomic E-state index is 0.124. The lowest BCUT2D eigenvalue weighted by Crippen LogP contribution is -2.35. The van der Waals surface area contributed by atoms with Gasteiger partial charge in [-0.15, -0.1) is 0 Å². The first-order valence-corrected chi connectivity index (χ1v) is 5.74. The molecule has 1 aliphatic rings. The van der Waals surface area contributed by atoms with Crippen LogP contribution in [0.5, 0.6) is 0 Å². The highest BCUT2D eigenvalue weighted by Gasteiger charge is 2.20. The summed E-state index contributed by atoms with van der Waals surface area (Å²) in [5, 5.41) is 8.94. The molecule has 1 fully saturated rings. The monoisotopic (exact) mass is 233 g/mol. The fourth-order valence-corrected chi connectivity index (χ4v) is 2.13. The van der Waals surface area contributed by atoms with Gasteiger partial charge in [0.25, 0.3) is 0 Å². The van der Waals surface area contributed by atoms with Gasteiger partial charge in [0.2, 0.25) is 5.91 Å². The predicted molar refractivity (Wildman–Crippen MR) is 64.3 cm³/mol. The van der Waals surface area contributed by atoms with E-state index in [9.17, 15) is 9.59 Å². The molecule has 0 unspecified atom stereocenters. The van der Waals surface area contributed by atoms with Gasteiger partial charge in [0.1, 0.15) is 0 Å². The number of carboxylic acids is 1. The first kappa shape index (κ1) is 11.6. The molecule has 17 heavy (non-hydrogen) atoms. The van der Waals surface area contributed by atoms with Crippen molar-refractivity contribution < 1.29 is 14.7 Å². The molecule has 0 spiro atoms. The van der Waals surface area contributed by atoms with Crippen LogP contribution < -0.4 is 4.90 Å². The van der Waals surface area contributed by atoms with Crippen LogP contribution in [0.2, 0.25) is 0 Å². The number of carbonyl (C=O) groups excluding carboxylic acids is 1. The Bertz CT molecular complexity index is 468. The van der Waals surface area contributed by atoms with Crippen molar-refractivity contribution in [2.45, 2.75) is 26.2 Å². The highest BCUT2D eigenvalue weighted by atomic mass is 16.4. The summed E-state index contributed by atoms with van der Waals surface area (Å²) in [7, 11) is 0. The summed E-state index contributed by atoms with van der Waals surface area (Å²) < 4.78 is 0. The van der Waals surface area contributed by atoms with Crippen LogP contribution in [0.3, 0.4) is 0 Å². The van der Waals surface area contributed by atoms with Crippen molar-refractivity contribution in [1.82, 2.24) is 0 Å². The average molecular weight is 233 g/mol. The number of amides is 1. The Kier molecular flexibility index (Phi) is 3.13. The van der Waals surface area contributed by atoms with E-state index in [1.807, 2.05) is 0 Å². The van der Waals surface area contributed by atoms with Crippen molar-refractivity contribution in [2.24, 2.45) is 0 Å². The van der Waals surface area contributed by atoms with Gasteiger partial charge in [-0.1, -0.05) is 0 Å². The van der Waals surface area contributed by atoms with E-state index < -0.39 is 5.97 Å². The topological polar surface area (TPSA) is 57.6 Å². The molecule has 0 atom stereocenters. The second kappa shape index (κ2) is 4.57. The highest BCUT2D eigenvalue weighted by Crippen LogP contribution is 2.23. The van der Waals surface area contributed by atoms with Crippen molar-refractivity contribution in [3.05, 3.63) is 29.3 Å². The fraction of sp³-hybridized carbons (Fsp3) is 0.385. The summed E-state index contributed by atoms with van der Waals surface area (Å²) in [6.07, 6.45) is 2.53. The summed E-state index contributed by atoms with van der Waals surface area (Å²) >= 11 is 0. The minimum atomic E-state index is -0.931. The maximum absolute atomic E-state index is 11.7. The van der Waals surface area contributed by atoms with Crippen LogP contribution in [0.25, 0.3) is 0 Å². The molecular formula is C13H15NO3. The maximum Gasteiger partial charge on any atom is 0.335 e. The van der Waals surface area contributed by atoms with Gasteiger partial charge in [-0.3, -0.25) is 4.79 Å². The lowest BCUT2D eigenvalue weighted by Gasteiger charge is -2.27. The number of nitrogens with zero attached hydrogens (tertiary/aromatic N) is 1. The molecule has 90 valence electrons. The van der Waals surface area contributed by atoms with Crippen LogP contribution in [0, 0.1) is 6.92 Å². The van der Waals surface area contributed by atoms with Gasteiger partial charge in [-0.2, -0.15) is 0 Å². The van der Waals surface area contributed by atoms with E-state index in [2.05, 4.69) is 0 Å². The number of carboxylic acid groups (broad SMARTS) is 1. The Morgan fingerprint density at radius 1 is 1.35 bits per heavy atom. The molecule has 0 radical (unpaired) electrons. The van der Waals surface area contributed by atoms with Crippen molar-refractivity contribution in [1.29, 1.82) is 0 Å². The normalized spacial score (nSPS) is 16.1. The number of anilines is 1. The summed E-state index contributed by atoms with van der Waals surface area (Å²) in [5.74, 6) is -0.808. The smallest absolute Gasteiger partial charge is 0.335 e. The van der Waals surface area contributed by atoms with Gasteiger partial charge in [0.05, 0.1) is 5.56 Å². The molecule has 2 rings (SSSR count). The number of rotatable bonds is 2. The van der Waals surface area contributed by atoms with Gasteiger partial charge in [-0.05, 0) is 43.5 Å². The van der Waals surface area contributed by atoms with E-state index in [1.165, 1.54) is 0 Å².